The van der Waals surface area contributed by atoms with Crippen molar-refractivity contribution >= 4 is 5.96 Å². The van der Waals surface area contributed by atoms with Gasteiger partial charge in [-0.05, 0) is 35.4 Å². The molecule has 23 heavy (non-hydrogen) atoms. The van der Waals surface area contributed by atoms with Gasteiger partial charge in [0.1, 0.15) is 5.75 Å². The van der Waals surface area contributed by atoms with Gasteiger partial charge >= 0.3 is 0 Å². The zero-order valence-electron chi connectivity index (χ0n) is 13.3. The Morgan fingerprint density at radius 3 is 2.39 bits per heavy atom. The number of nitriles is 1. The quantitative estimate of drug-likeness (QED) is 0.657. The average Bonchev–Trinajstić information content (AvgIpc) is 2.62. The molecule has 2 rings (SSSR count). The first-order chi connectivity index (χ1) is 11.2. The van der Waals surface area contributed by atoms with E-state index in [0.717, 1.165) is 16.9 Å². The fourth-order valence-corrected chi connectivity index (χ4v) is 2.09. The molecule has 0 radical (unpaired) electrons. The van der Waals surface area contributed by atoms with Crippen molar-refractivity contribution in [2.24, 2.45) is 4.99 Å². The minimum absolute atomic E-state index is 0.609. The van der Waals surface area contributed by atoms with Crippen LogP contribution in [0.1, 0.15) is 16.7 Å². The highest BCUT2D eigenvalue weighted by Crippen LogP contribution is 2.10. The monoisotopic (exact) mass is 308 g/mol. The summed E-state index contributed by atoms with van der Waals surface area (Å²) in [5.41, 5.74) is 2.84. The zero-order valence-corrected chi connectivity index (χ0v) is 13.3. The van der Waals surface area contributed by atoms with Gasteiger partial charge in [0.05, 0.1) is 18.7 Å². The van der Waals surface area contributed by atoms with Crippen LogP contribution >= 0.6 is 0 Å². The van der Waals surface area contributed by atoms with Crippen LogP contribution in [-0.2, 0) is 13.1 Å². The summed E-state index contributed by atoms with van der Waals surface area (Å²) in [4.78, 5) is 4.20. The molecule has 0 heterocycles. The molecule has 0 amide bonds. The van der Waals surface area contributed by atoms with E-state index < -0.39 is 0 Å². The smallest absolute Gasteiger partial charge is 0.191 e. The van der Waals surface area contributed by atoms with Gasteiger partial charge in [-0.1, -0.05) is 24.3 Å². The molecular formula is C18H20N4O. The minimum Gasteiger partial charge on any atom is -0.497 e. The van der Waals surface area contributed by atoms with Crippen LogP contribution in [0.25, 0.3) is 0 Å². The van der Waals surface area contributed by atoms with E-state index in [0.29, 0.717) is 24.6 Å². The number of methoxy groups -OCH3 is 1. The van der Waals surface area contributed by atoms with Gasteiger partial charge in [-0.25, -0.2) is 0 Å². The van der Waals surface area contributed by atoms with Crippen molar-refractivity contribution in [1.82, 2.24) is 10.6 Å². The third-order valence-electron chi connectivity index (χ3n) is 3.36. The lowest BCUT2D eigenvalue weighted by Crippen LogP contribution is -2.36. The van der Waals surface area contributed by atoms with Crippen molar-refractivity contribution in [3.63, 3.8) is 0 Å². The topological polar surface area (TPSA) is 69.4 Å². The number of hydrogen-bond acceptors (Lipinski definition) is 3. The van der Waals surface area contributed by atoms with Crippen molar-refractivity contribution < 1.29 is 4.74 Å². The van der Waals surface area contributed by atoms with Crippen molar-refractivity contribution in [2.75, 3.05) is 14.2 Å². The van der Waals surface area contributed by atoms with E-state index in [4.69, 9.17) is 10.00 Å². The second kappa shape index (κ2) is 8.44. The number of guanidine groups is 1. The van der Waals surface area contributed by atoms with E-state index in [1.54, 1.807) is 20.2 Å². The van der Waals surface area contributed by atoms with E-state index in [1.807, 2.05) is 42.5 Å². The number of aliphatic imine (C=N–C) groups is 1. The Morgan fingerprint density at radius 1 is 1.09 bits per heavy atom. The Kier molecular flexibility index (Phi) is 6.01. The van der Waals surface area contributed by atoms with Gasteiger partial charge in [0.2, 0.25) is 0 Å². The molecule has 5 nitrogen and oxygen atoms in total. The number of ether oxygens (including phenoxy) is 1. The van der Waals surface area contributed by atoms with Crippen molar-refractivity contribution in [1.29, 1.82) is 5.26 Å². The second-order valence-electron chi connectivity index (χ2n) is 4.94. The first-order valence-corrected chi connectivity index (χ1v) is 7.31. The number of nitrogens with zero attached hydrogens (tertiary/aromatic N) is 2. The Balaban J connectivity index is 1.86. The summed E-state index contributed by atoms with van der Waals surface area (Å²) < 4.78 is 5.14. The van der Waals surface area contributed by atoms with Crippen molar-refractivity contribution in [2.45, 2.75) is 13.1 Å². The molecule has 2 N–H and O–H groups in total. The fraction of sp³-hybridized carbons (Fsp3) is 0.222. The van der Waals surface area contributed by atoms with E-state index in [1.165, 1.54) is 0 Å². The van der Waals surface area contributed by atoms with E-state index in [9.17, 15) is 0 Å². The molecule has 0 aliphatic rings. The summed E-state index contributed by atoms with van der Waals surface area (Å²) in [6.07, 6.45) is 0. The van der Waals surface area contributed by atoms with E-state index in [2.05, 4.69) is 21.7 Å². The molecule has 0 fully saturated rings. The number of benzene rings is 2. The summed E-state index contributed by atoms with van der Waals surface area (Å²) >= 11 is 0. The van der Waals surface area contributed by atoms with Crippen molar-refractivity contribution in [3.8, 4) is 11.8 Å². The molecule has 0 aliphatic heterocycles. The molecule has 0 spiro atoms. The van der Waals surface area contributed by atoms with Crippen LogP contribution in [0.15, 0.2) is 53.5 Å². The van der Waals surface area contributed by atoms with Gasteiger partial charge in [-0.3, -0.25) is 4.99 Å². The molecule has 0 unspecified atom stereocenters. The molecule has 0 saturated carbocycles. The van der Waals surface area contributed by atoms with Gasteiger partial charge in [0.25, 0.3) is 0 Å². The second-order valence-corrected chi connectivity index (χ2v) is 4.94. The maximum atomic E-state index is 8.92. The van der Waals surface area contributed by atoms with Crippen LogP contribution in [-0.4, -0.2) is 20.1 Å². The standard InChI is InChI=1S/C18H20N4O/c1-20-18(21-12-14-6-8-17(23-2)9-7-14)22-13-16-5-3-4-15(10-16)11-19/h3-10H,12-13H2,1-2H3,(H2,20,21,22). The minimum atomic E-state index is 0.609. The van der Waals surface area contributed by atoms with E-state index >= 15 is 0 Å². The first kappa shape index (κ1) is 16.4. The normalized spacial score (nSPS) is 10.7. The molecule has 0 aromatic heterocycles. The van der Waals surface area contributed by atoms with Gasteiger partial charge < -0.3 is 15.4 Å². The maximum Gasteiger partial charge on any atom is 0.191 e. The van der Waals surface area contributed by atoms with Crippen LogP contribution < -0.4 is 15.4 Å². The van der Waals surface area contributed by atoms with Crippen LogP contribution in [0.2, 0.25) is 0 Å². The number of rotatable bonds is 5. The van der Waals surface area contributed by atoms with E-state index in [-0.39, 0.29) is 0 Å². The third kappa shape index (κ3) is 5.04. The predicted octanol–water partition coefficient (Wildman–Crippen LogP) is 2.43. The highest BCUT2D eigenvalue weighted by Gasteiger charge is 2.00. The summed E-state index contributed by atoms with van der Waals surface area (Å²) in [5, 5.41) is 15.4. The molecule has 118 valence electrons. The highest BCUT2D eigenvalue weighted by atomic mass is 16.5. The van der Waals surface area contributed by atoms with Crippen LogP contribution in [0.5, 0.6) is 5.75 Å². The molecular weight excluding hydrogens is 288 g/mol. The molecule has 0 saturated heterocycles. The highest BCUT2D eigenvalue weighted by molar-refractivity contribution is 5.79. The summed E-state index contributed by atoms with van der Waals surface area (Å²) in [7, 11) is 3.38. The molecule has 2 aromatic carbocycles. The Bertz CT molecular complexity index is 702. The Hall–Kier alpha value is -3.00. The van der Waals surface area contributed by atoms with Crippen LogP contribution in [0, 0.1) is 11.3 Å². The SMILES string of the molecule is CN=C(NCc1ccc(OC)cc1)NCc1cccc(C#N)c1. The van der Waals surface area contributed by atoms with Gasteiger partial charge in [0, 0.05) is 20.1 Å². The molecule has 5 heteroatoms. The fourth-order valence-electron chi connectivity index (χ4n) is 2.09. The largest absolute Gasteiger partial charge is 0.497 e. The predicted molar refractivity (Wildman–Crippen MR) is 91.2 cm³/mol. The molecule has 2 aromatic rings. The van der Waals surface area contributed by atoms with Gasteiger partial charge in [-0.15, -0.1) is 0 Å². The lowest BCUT2D eigenvalue weighted by Gasteiger charge is -2.12. The first-order valence-electron chi connectivity index (χ1n) is 7.31. The van der Waals surface area contributed by atoms with Gasteiger partial charge in [0.15, 0.2) is 5.96 Å². The molecule has 0 atom stereocenters. The maximum absolute atomic E-state index is 8.92. The number of nitrogens with one attached hydrogen (secondary N) is 2. The summed E-state index contributed by atoms with van der Waals surface area (Å²) in [6, 6.07) is 17.5. The third-order valence-corrected chi connectivity index (χ3v) is 3.36. The summed E-state index contributed by atoms with van der Waals surface area (Å²) in [5.74, 6) is 1.55. The van der Waals surface area contributed by atoms with Crippen molar-refractivity contribution in [3.05, 3.63) is 65.2 Å². The summed E-state index contributed by atoms with van der Waals surface area (Å²) in [6.45, 7) is 1.28. The molecule has 0 bridgehead atoms. The molecule has 0 aliphatic carbocycles. The Labute approximate surface area is 136 Å². The lowest BCUT2D eigenvalue weighted by atomic mass is 10.1. The van der Waals surface area contributed by atoms with Crippen LogP contribution in [0.3, 0.4) is 0 Å². The average molecular weight is 308 g/mol. The lowest BCUT2D eigenvalue weighted by molar-refractivity contribution is 0.414. The van der Waals surface area contributed by atoms with Gasteiger partial charge in [-0.2, -0.15) is 5.26 Å². The number of hydrogen-bond donors (Lipinski definition) is 2. The zero-order chi connectivity index (χ0) is 16.5. The Morgan fingerprint density at radius 2 is 1.78 bits per heavy atom. The van der Waals surface area contributed by atoms with Crippen LogP contribution in [0.4, 0.5) is 0 Å².